The fraction of sp³-hybridized carbons (Fsp3) is 0.100. The lowest BCUT2D eigenvalue weighted by Gasteiger charge is -2.11. The van der Waals surface area contributed by atoms with Crippen LogP contribution < -0.4 is 4.18 Å². The van der Waals surface area contributed by atoms with Gasteiger partial charge in [0.25, 0.3) is 0 Å². The molecule has 0 atom stereocenters. The number of benzene rings is 1. The van der Waals surface area contributed by atoms with Gasteiger partial charge in [0.1, 0.15) is 0 Å². The summed E-state index contributed by atoms with van der Waals surface area (Å²) in [6.07, 6.45) is 0. The SMILES string of the molecule is O=S(=O)(Oc1cc(O)nc2ccccc12)C(F)(F)F. The Morgan fingerprint density at radius 3 is 2.47 bits per heavy atom. The first-order valence-electron chi connectivity index (χ1n) is 4.80. The summed E-state index contributed by atoms with van der Waals surface area (Å²) >= 11 is 0. The number of nitrogens with zero attached hydrogens (tertiary/aromatic N) is 1. The van der Waals surface area contributed by atoms with Gasteiger partial charge in [0.2, 0.25) is 5.88 Å². The van der Waals surface area contributed by atoms with Crippen molar-refractivity contribution in [2.45, 2.75) is 5.51 Å². The van der Waals surface area contributed by atoms with Crippen LogP contribution in [-0.4, -0.2) is 24.0 Å². The van der Waals surface area contributed by atoms with Crippen molar-refractivity contribution in [3.05, 3.63) is 30.3 Å². The minimum atomic E-state index is -5.80. The van der Waals surface area contributed by atoms with Gasteiger partial charge in [-0.25, -0.2) is 4.98 Å². The van der Waals surface area contributed by atoms with Crippen LogP contribution in [0.25, 0.3) is 10.9 Å². The number of halogens is 3. The van der Waals surface area contributed by atoms with Gasteiger partial charge in [-0.15, -0.1) is 0 Å². The summed E-state index contributed by atoms with van der Waals surface area (Å²) in [4.78, 5) is 3.63. The van der Waals surface area contributed by atoms with Crippen LogP contribution in [0.4, 0.5) is 13.2 Å². The molecule has 1 N–H and O–H groups in total. The first kappa shape index (κ1) is 13.4. The third kappa shape index (κ3) is 2.55. The molecule has 19 heavy (non-hydrogen) atoms. The molecule has 102 valence electrons. The summed E-state index contributed by atoms with van der Waals surface area (Å²) in [5, 5.41) is 9.28. The summed E-state index contributed by atoms with van der Waals surface area (Å²) in [6, 6.07) is 6.40. The Bertz CT molecular complexity index is 727. The van der Waals surface area contributed by atoms with Gasteiger partial charge in [-0.1, -0.05) is 12.1 Å². The quantitative estimate of drug-likeness (QED) is 0.678. The number of fused-ring (bicyclic) bond motifs is 1. The zero-order valence-electron chi connectivity index (χ0n) is 9.05. The van der Waals surface area contributed by atoms with Crippen LogP contribution in [0.3, 0.4) is 0 Å². The molecule has 1 aromatic heterocycles. The molecule has 1 heterocycles. The largest absolute Gasteiger partial charge is 0.534 e. The van der Waals surface area contributed by atoms with Crippen LogP contribution in [0.5, 0.6) is 11.6 Å². The van der Waals surface area contributed by atoms with Crippen molar-refractivity contribution < 1.29 is 30.9 Å². The number of pyridine rings is 1. The van der Waals surface area contributed by atoms with E-state index in [1.54, 1.807) is 0 Å². The molecule has 2 rings (SSSR count). The molecule has 0 saturated heterocycles. The molecule has 2 aromatic rings. The highest BCUT2D eigenvalue weighted by Crippen LogP contribution is 2.32. The van der Waals surface area contributed by atoms with E-state index < -0.39 is 27.3 Å². The van der Waals surface area contributed by atoms with Crippen LogP contribution in [0.1, 0.15) is 0 Å². The predicted octanol–water partition coefficient (Wildman–Crippen LogP) is 2.17. The molecular formula is C10H6F3NO4S. The number of para-hydroxylation sites is 1. The lowest BCUT2D eigenvalue weighted by Crippen LogP contribution is -2.28. The average molecular weight is 293 g/mol. The Labute approximate surface area is 105 Å². The smallest absolute Gasteiger partial charge is 0.493 e. The second-order valence-corrected chi connectivity index (χ2v) is 5.02. The van der Waals surface area contributed by atoms with Crippen LogP contribution >= 0.6 is 0 Å². The van der Waals surface area contributed by atoms with Crippen LogP contribution in [-0.2, 0) is 10.1 Å². The van der Waals surface area contributed by atoms with Crippen LogP contribution in [0.2, 0.25) is 0 Å². The van der Waals surface area contributed by atoms with Crippen LogP contribution in [0, 0.1) is 0 Å². The molecule has 0 amide bonds. The van der Waals surface area contributed by atoms with E-state index >= 15 is 0 Å². The minimum Gasteiger partial charge on any atom is -0.493 e. The lowest BCUT2D eigenvalue weighted by atomic mass is 10.2. The van der Waals surface area contributed by atoms with Gasteiger partial charge < -0.3 is 9.29 Å². The topological polar surface area (TPSA) is 76.5 Å². The van der Waals surface area contributed by atoms with Crippen molar-refractivity contribution in [3.8, 4) is 11.6 Å². The van der Waals surface area contributed by atoms with Gasteiger partial charge in [0.05, 0.1) is 5.52 Å². The second kappa shape index (κ2) is 4.26. The Morgan fingerprint density at radius 1 is 1.21 bits per heavy atom. The maximum absolute atomic E-state index is 12.2. The summed E-state index contributed by atoms with van der Waals surface area (Å²) in [5.41, 5.74) is -5.44. The number of hydrogen-bond donors (Lipinski definition) is 1. The highest BCUT2D eigenvalue weighted by Gasteiger charge is 2.48. The third-order valence-electron chi connectivity index (χ3n) is 2.15. The van der Waals surface area contributed by atoms with Crippen molar-refractivity contribution in [3.63, 3.8) is 0 Å². The summed E-state index contributed by atoms with van der Waals surface area (Å²) in [6.45, 7) is 0. The average Bonchev–Trinajstić information content (AvgIpc) is 2.26. The van der Waals surface area contributed by atoms with Gasteiger partial charge in [0.15, 0.2) is 5.75 Å². The first-order chi connectivity index (χ1) is 8.71. The highest BCUT2D eigenvalue weighted by atomic mass is 32.2. The highest BCUT2D eigenvalue weighted by molar-refractivity contribution is 7.88. The molecule has 0 aliphatic rings. The molecular weight excluding hydrogens is 287 g/mol. The van der Waals surface area contributed by atoms with Gasteiger partial charge in [-0.05, 0) is 12.1 Å². The van der Waals surface area contributed by atoms with Crippen molar-refractivity contribution in [2.24, 2.45) is 0 Å². The third-order valence-corrected chi connectivity index (χ3v) is 3.11. The molecule has 9 heteroatoms. The van der Waals surface area contributed by atoms with Crippen molar-refractivity contribution in [1.29, 1.82) is 0 Å². The number of alkyl halides is 3. The summed E-state index contributed by atoms with van der Waals surface area (Å²) < 4.78 is 62.5. The Kier molecular flexibility index (Phi) is 3.01. The van der Waals surface area contributed by atoms with E-state index in [0.717, 1.165) is 0 Å². The Morgan fingerprint density at radius 2 is 1.84 bits per heavy atom. The van der Waals surface area contributed by atoms with E-state index in [0.29, 0.717) is 6.07 Å². The van der Waals surface area contributed by atoms with E-state index in [-0.39, 0.29) is 10.9 Å². The van der Waals surface area contributed by atoms with Gasteiger partial charge in [-0.2, -0.15) is 21.6 Å². The van der Waals surface area contributed by atoms with Crippen molar-refractivity contribution in [2.75, 3.05) is 0 Å². The maximum atomic E-state index is 12.2. The summed E-state index contributed by atoms with van der Waals surface area (Å²) in [7, 11) is -5.80. The molecule has 0 unspecified atom stereocenters. The minimum absolute atomic E-state index is 0.0353. The first-order valence-corrected chi connectivity index (χ1v) is 6.21. The molecule has 0 bridgehead atoms. The molecule has 0 spiro atoms. The fourth-order valence-electron chi connectivity index (χ4n) is 1.36. The summed E-state index contributed by atoms with van der Waals surface area (Å²) in [5.74, 6) is -1.29. The molecule has 0 radical (unpaired) electrons. The number of aromatic hydroxyl groups is 1. The number of rotatable bonds is 2. The monoisotopic (exact) mass is 293 g/mol. The predicted molar refractivity (Wildman–Crippen MR) is 59.0 cm³/mol. The van der Waals surface area contributed by atoms with E-state index in [1.165, 1.54) is 24.3 Å². The second-order valence-electron chi connectivity index (χ2n) is 3.48. The molecule has 1 aromatic carbocycles. The molecule has 0 fully saturated rings. The van der Waals surface area contributed by atoms with Crippen LogP contribution in [0.15, 0.2) is 30.3 Å². The number of aromatic nitrogens is 1. The maximum Gasteiger partial charge on any atom is 0.534 e. The van der Waals surface area contributed by atoms with Gasteiger partial charge in [0, 0.05) is 11.5 Å². The molecule has 0 aliphatic carbocycles. The van der Waals surface area contributed by atoms with Crippen molar-refractivity contribution >= 4 is 21.0 Å². The van der Waals surface area contributed by atoms with E-state index in [2.05, 4.69) is 9.17 Å². The van der Waals surface area contributed by atoms with Crippen molar-refractivity contribution in [1.82, 2.24) is 4.98 Å². The van der Waals surface area contributed by atoms with Gasteiger partial charge in [-0.3, -0.25) is 0 Å². The number of hydrogen-bond acceptors (Lipinski definition) is 5. The van der Waals surface area contributed by atoms with Gasteiger partial charge >= 0.3 is 15.6 Å². The standard InChI is InChI=1S/C10H6F3NO4S/c11-10(12,13)19(16,17)18-8-5-9(15)14-7-4-2-1-3-6(7)8/h1-5H,(H,14,15). The van der Waals surface area contributed by atoms with E-state index in [9.17, 15) is 26.7 Å². The molecule has 0 aliphatic heterocycles. The zero-order chi connectivity index (χ0) is 14.3. The molecule has 0 saturated carbocycles. The van der Waals surface area contributed by atoms with E-state index in [1.807, 2.05) is 0 Å². The molecule has 5 nitrogen and oxygen atoms in total. The Hall–Kier alpha value is -2.03. The van der Waals surface area contributed by atoms with E-state index in [4.69, 9.17) is 0 Å². The normalized spacial score (nSPS) is 12.6. The Balaban J connectivity index is 2.58. The zero-order valence-corrected chi connectivity index (χ0v) is 9.86. The lowest BCUT2D eigenvalue weighted by molar-refractivity contribution is -0.0499. The fourth-order valence-corrected chi connectivity index (χ4v) is 1.83.